The summed E-state index contributed by atoms with van der Waals surface area (Å²) >= 11 is 0. The van der Waals surface area contributed by atoms with Gasteiger partial charge >= 0.3 is 0 Å². The average molecular weight is 775 g/mol. The molecule has 58 heavy (non-hydrogen) atoms. The van der Waals surface area contributed by atoms with Crippen molar-refractivity contribution in [1.29, 1.82) is 0 Å². The molecule has 0 bridgehead atoms. The lowest BCUT2D eigenvalue weighted by Gasteiger charge is -2.29. The summed E-state index contributed by atoms with van der Waals surface area (Å²) in [6, 6.07) is 80.8. The summed E-state index contributed by atoms with van der Waals surface area (Å²) in [7, 11) is 0. The summed E-state index contributed by atoms with van der Waals surface area (Å²) in [6.07, 6.45) is 10.3. The van der Waals surface area contributed by atoms with Crippen LogP contribution in [-0.2, 0) is 0 Å². The van der Waals surface area contributed by atoms with Crippen LogP contribution in [0.4, 0.5) is 0 Å². The minimum absolute atomic E-state index is 1.23. The first kappa shape index (κ1) is 34.8. The van der Waals surface area contributed by atoms with Gasteiger partial charge in [-0.25, -0.2) is 0 Å². The van der Waals surface area contributed by atoms with Gasteiger partial charge in [0.2, 0.25) is 0 Å². The van der Waals surface area contributed by atoms with Gasteiger partial charge < -0.3 is 0 Å². The summed E-state index contributed by atoms with van der Waals surface area (Å²) in [5, 5.41) is 20.5. The lowest BCUT2D eigenvalue weighted by Crippen LogP contribution is -2.26. The molecule has 274 valence electrons. The van der Waals surface area contributed by atoms with Crippen molar-refractivity contribution >= 4 is 112 Å². The van der Waals surface area contributed by atoms with Crippen molar-refractivity contribution in [2.45, 2.75) is 0 Å². The first-order valence-corrected chi connectivity index (χ1v) is 23.9. The van der Waals surface area contributed by atoms with Crippen LogP contribution in [0.1, 0.15) is 0 Å². The molecule has 0 amide bonds. The standard InChI is InChI=1S/C56H40P2/c1-57(43-19-7-3-8-20-43,44-21-9-4-10-22-44)53-28-16-18-42-37-51-41(38-52(42)53)17-15-27-47(51)48-33-29-39-31-35-50-54(36-32-40-30-34-49(48)55(39)56(40)50)58(2,45-23-11-5-12-24-45)46-25-13-6-14-26-46/h3-38H,1-2H2. The minimum atomic E-state index is -2.22. The van der Waals surface area contributed by atoms with E-state index in [4.69, 9.17) is 12.6 Å². The van der Waals surface area contributed by atoms with Crippen molar-refractivity contribution in [3.8, 4) is 11.1 Å². The van der Waals surface area contributed by atoms with Gasteiger partial charge in [-0.05, 0) is 123 Å². The van der Waals surface area contributed by atoms with E-state index in [1.54, 1.807) is 0 Å². The van der Waals surface area contributed by atoms with Crippen LogP contribution in [0.5, 0.6) is 0 Å². The van der Waals surface area contributed by atoms with Crippen LogP contribution in [0, 0.1) is 0 Å². The highest BCUT2D eigenvalue weighted by Gasteiger charge is 2.27. The van der Waals surface area contributed by atoms with E-state index in [0.717, 1.165) is 0 Å². The molecule has 0 unspecified atom stereocenters. The number of fused-ring (bicyclic) bond motifs is 2. The minimum Gasteiger partial charge on any atom is -0.0887 e. The fraction of sp³-hybridized carbons (Fsp3) is 0. The topological polar surface area (TPSA) is 0 Å². The van der Waals surface area contributed by atoms with Crippen molar-refractivity contribution < 1.29 is 0 Å². The molecule has 11 rings (SSSR count). The number of benzene rings is 11. The summed E-state index contributed by atoms with van der Waals surface area (Å²) in [5.74, 6) is 0. The van der Waals surface area contributed by atoms with Crippen molar-refractivity contribution in [2.75, 3.05) is 0 Å². The lowest BCUT2D eigenvalue weighted by atomic mass is 9.88. The molecule has 0 saturated carbocycles. The molecule has 2 heteroatoms. The third-order valence-electron chi connectivity index (χ3n) is 12.4. The van der Waals surface area contributed by atoms with Gasteiger partial charge in [0.15, 0.2) is 0 Å². The molecule has 0 aliphatic heterocycles. The Morgan fingerprint density at radius 3 is 1.21 bits per heavy atom. The monoisotopic (exact) mass is 774 g/mol. The second-order valence-corrected chi connectivity index (χ2v) is 21.7. The molecule has 0 atom stereocenters. The molecule has 0 saturated heterocycles. The summed E-state index contributed by atoms with van der Waals surface area (Å²) in [5.41, 5.74) is 2.50. The van der Waals surface area contributed by atoms with E-state index >= 15 is 0 Å². The first-order valence-electron chi connectivity index (χ1n) is 19.9. The Kier molecular flexibility index (Phi) is 8.17. The van der Waals surface area contributed by atoms with Crippen LogP contribution >= 0.6 is 13.8 Å². The average Bonchev–Trinajstić information content (AvgIpc) is 3.30. The van der Waals surface area contributed by atoms with Crippen LogP contribution in [0.3, 0.4) is 0 Å². The second kappa shape index (κ2) is 13.6. The summed E-state index contributed by atoms with van der Waals surface area (Å²) in [6.45, 7) is -4.41. The molecule has 0 fully saturated rings. The Balaban J connectivity index is 1.14. The van der Waals surface area contributed by atoms with E-state index in [2.05, 4.69) is 218 Å². The Labute approximate surface area is 340 Å². The highest BCUT2D eigenvalue weighted by Crippen LogP contribution is 2.48. The number of rotatable bonds is 7. The zero-order valence-corrected chi connectivity index (χ0v) is 33.9. The fourth-order valence-corrected chi connectivity index (χ4v) is 15.8. The van der Waals surface area contributed by atoms with Gasteiger partial charge in [-0.3, -0.25) is 0 Å². The van der Waals surface area contributed by atoms with Crippen molar-refractivity contribution in [2.24, 2.45) is 0 Å². The van der Waals surface area contributed by atoms with Gasteiger partial charge in [0.05, 0.1) is 0 Å². The molecule has 0 spiro atoms. The van der Waals surface area contributed by atoms with E-state index in [9.17, 15) is 0 Å². The third kappa shape index (κ3) is 5.23. The molecule has 0 radical (unpaired) electrons. The van der Waals surface area contributed by atoms with Gasteiger partial charge in [-0.2, -0.15) is 0 Å². The van der Waals surface area contributed by atoms with Gasteiger partial charge in [0.1, 0.15) is 0 Å². The normalized spacial score (nSPS) is 12.3. The fourth-order valence-electron chi connectivity index (χ4n) is 9.54. The second-order valence-electron chi connectivity index (χ2n) is 15.5. The van der Waals surface area contributed by atoms with Crippen LogP contribution in [0.15, 0.2) is 218 Å². The molecule has 0 aliphatic rings. The Morgan fingerprint density at radius 2 is 0.655 bits per heavy atom. The van der Waals surface area contributed by atoms with Crippen LogP contribution < -0.4 is 31.8 Å². The van der Waals surface area contributed by atoms with Gasteiger partial charge in [0, 0.05) is 0 Å². The van der Waals surface area contributed by atoms with E-state index in [1.165, 1.54) is 96.8 Å². The predicted molar refractivity (Wildman–Crippen MR) is 262 cm³/mol. The van der Waals surface area contributed by atoms with Crippen LogP contribution in [-0.4, -0.2) is 12.6 Å². The van der Waals surface area contributed by atoms with Crippen molar-refractivity contribution in [3.05, 3.63) is 218 Å². The maximum Gasteiger partial charge on any atom is -0.00200 e. The Hall–Kier alpha value is -6.42. The summed E-state index contributed by atoms with van der Waals surface area (Å²) in [4.78, 5) is 0. The molecule has 11 aromatic carbocycles. The SMILES string of the molecule is C=P(c1ccccc1)(c1ccccc1)c1cccc2cc3c(-c4ccc5ccc6c(P(=C)(c7ccccc7)c7ccccc7)ccc7ccc4c5c76)cccc3cc12. The highest BCUT2D eigenvalue weighted by molar-refractivity contribution is 7.94. The van der Waals surface area contributed by atoms with Gasteiger partial charge in [0.25, 0.3) is 0 Å². The lowest BCUT2D eigenvalue weighted by molar-refractivity contribution is 1.72. The quantitative estimate of drug-likeness (QED) is 0.0859. The molecule has 0 nitrogen and oxygen atoms in total. The maximum atomic E-state index is 5.15. The van der Waals surface area contributed by atoms with Gasteiger partial charge in [-0.15, -0.1) is 0 Å². The number of hydrogen-bond donors (Lipinski definition) is 0. The van der Waals surface area contributed by atoms with Crippen molar-refractivity contribution in [3.63, 3.8) is 0 Å². The van der Waals surface area contributed by atoms with Crippen LogP contribution in [0.25, 0.3) is 65.0 Å². The van der Waals surface area contributed by atoms with Crippen molar-refractivity contribution in [1.82, 2.24) is 0 Å². The smallest absolute Gasteiger partial charge is 0.00200 e. The Bertz CT molecular complexity index is 3340. The third-order valence-corrected chi connectivity index (χ3v) is 19.5. The van der Waals surface area contributed by atoms with E-state index in [0.29, 0.717) is 0 Å². The molecular formula is C56H40P2. The predicted octanol–water partition coefficient (Wildman–Crippen LogP) is 12.0. The molecule has 11 aromatic rings. The van der Waals surface area contributed by atoms with E-state index < -0.39 is 13.8 Å². The van der Waals surface area contributed by atoms with E-state index in [-0.39, 0.29) is 0 Å². The zero-order chi connectivity index (χ0) is 38.8. The Morgan fingerprint density at radius 1 is 0.259 bits per heavy atom. The zero-order valence-electron chi connectivity index (χ0n) is 32.1. The molecule has 0 aromatic heterocycles. The molecule has 0 aliphatic carbocycles. The first-order chi connectivity index (χ1) is 28.5. The molecule has 0 N–H and O–H groups in total. The number of hydrogen-bond acceptors (Lipinski definition) is 0. The molecule has 0 heterocycles. The maximum absolute atomic E-state index is 5.15. The largest absolute Gasteiger partial charge is 0.0887 e. The molecular weight excluding hydrogens is 735 g/mol. The van der Waals surface area contributed by atoms with Gasteiger partial charge in [-0.1, -0.05) is 219 Å². The van der Waals surface area contributed by atoms with Crippen LogP contribution in [0.2, 0.25) is 0 Å². The summed E-state index contributed by atoms with van der Waals surface area (Å²) < 4.78 is 0. The van der Waals surface area contributed by atoms with E-state index in [1.807, 2.05) is 0 Å². The highest BCUT2D eigenvalue weighted by atomic mass is 31.2.